The lowest BCUT2D eigenvalue weighted by atomic mass is 9.69. The standard InChI is InChI=1S/C21H25ClN2O3S/c1-5-21(2,3)12-8-9-13-15(11-12)28-19(16(13)20(26)27-4)24-18(25)14-7-6-10-23-17(14)22/h6-7,10,12H,5,8-9,11H2,1-4H3,(H,24,25)/t12-/m1/s1. The first-order chi connectivity index (χ1) is 13.3. The summed E-state index contributed by atoms with van der Waals surface area (Å²) in [5, 5.41) is 3.52. The van der Waals surface area contributed by atoms with E-state index in [-0.39, 0.29) is 22.0 Å². The van der Waals surface area contributed by atoms with Crippen molar-refractivity contribution in [1.82, 2.24) is 4.98 Å². The molecule has 0 bridgehead atoms. The van der Waals surface area contributed by atoms with Gasteiger partial charge in [-0.05, 0) is 48.3 Å². The molecule has 150 valence electrons. The molecule has 0 aliphatic heterocycles. The number of ether oxygens (including phenoxy) is 1. The first-order valence-corrected chi connectivity index (χ1v) is 10.6. The lowest BCUT2D eigenvalue weighted by Gasteiger charge is -2.36. The average molecular weight is 421 g/mol. The fourth-order valence-electron chi connectivity index (χ4n) is 3.67. The number of esters is 1. The molecule has 1 aliphatic carbocycles. The number of hydrogen-bond donors (Lipinski definition) is 1. The molecule has 0 radical (unpaired) electrons. The minimum atomic E-state index is -0.418. The minimum absolute atomic E-state index is 0.130. The minimum Gasteiger partial charge on any atom is -0.465 e. The molecule has 28 heavy (non-hydrogen) atoms. The molecule has 2 aromatic rings. The summed E-state index contributed by atoms with van der Waals surface area (Å²) in [5.74, 6) is -0.254. The number of rotatable bonds is 5. The van der Waals surface area contributed by atoms with Crippen molar-refractivity contribution >= 4 is 39.8 Å². The van der Waals surface area contributed by atoms with Gasteiger partial charge in [0.05, 0.1) is 18.2 Å². The van der Waals surface area contributed by atoms with E-state index in [0.717, 1.165) is 36.1 Å². The number of nitrogens with one attached hydrogen (secondary N) is 1. The zero-order valence-corrected chi connectivity index (χ0v) is 18.2. The molecule has 0 saturated heterocycles. The van der Waals surface area contributed by atoms with Crippen molar-refractivity contribution in [2.24, 2.45) is 11.3 Å². The van der Waals surface area contributed by atoms with E-state index in [1.807, 2.05) is 0 Å². The summed E-state index contributed by atoms with van der Waals surface area (Å²) in [6.45, 7) is 6.81. The molecule has 1 aliphatic rings. The van der Waals surface area contributed by atoms with Crippen LogP contribution >= 0.6 is 22.9 Å². The highest BCUT2D eigenvalue weighted by molar-refractivity contribution is 7.17. The number of halogens is 1. The van der Waals surface area contributed by atoms with Crippen molar-refractivity contribution in [2.45, 2.75) is 46.5 Å². The van der Waals surface area contributed by atoms with Gasteiger partial charge in [-0.2, -0.15) is 0 Å². The number of hydrogen-bond acceptors (Lipinski definition) is 5. The van der Waals surface area contributed by atoms with Crippen LogP contribution in [0.5, 0.6) is 0 Å². The third kappa shape index (κ3) is 3.94. The number of thiophene rings is 1. The molecular weight excluding hydrogens is 396 g/mol. The van der Waals surface area contributed by atoms with Crippen LogP contribution in [-0.2, 0) is 17.6 Å². The van der Waals surface area contributed by atoms with Crippen LogP contribution in [-0.4, -0.2) is 24.0 Å². The van der Waals surface area contributed by atoms with Gasteiger partial charge in [-0.25, -0.2) is 9.78 Å². The van der Waals surface area contributed by atoms with E-state index in [4.69, 9.17) is 16.3 Å². The van der Waals surface area contributed by atoms with Gasteiger partial charge in [0.1, 0.15) is 10.2 Å². The first-order valence-electron chi connectivity index (χ1n) is 9.43. The summed E-state index contributed by atoms with van der Waals surface area (Å²) in [4.78, 5) is 30.3. The van der Waals surface area contributed by atoms with Crippen molar-refractivity contribution in [3.63, 3.8) is 0 Å². The maximum Gasteiger partial charge on any atom is 0.341 e. The molecule has 0 saturated carbocycles. The lowest BCUT2D eigenvalue weighted by Crippen LogP contribution is -2.28. The highest BCUT2D eigenvalue weighted by atomic mass is 35.5. The fourth-order valence-corrected chi connectivity index (χ4v) is 5.19. The third-order valence-corrected chi connectivity index (χ3v) is 7.37. The number of pyridine rings is 1. The maximum atomic E-state index is 12.7. The molecule has 2 heterocycles. The number of fused-ring (bicyclic) bond motifs is 1. The summed E-state index contributed by atoms with van der Waals surface area (Å²) in [6, 6.07) is 3.26. The van der Waals surface area contributed by atoms with Gasteiger partial charge in [0.15, 0.2) is 0 Å². The van der Waals surface area contributed by atoms with Crippen molar-refractivity contribution in [3.05, 3.63) is 45.1 Å². The largest absolute Gasteiger partial charge is 0.465 e. The van der Waals surface area contributed by atoms with E-state index in [0.29, 0.717) is 16.5 Å². The number of anilines is 1. The van der Waals surface area contributed by atoms with Gasteiger partial charge in [-0.15, -0.1) is 11.3 Å². The molecule has 0 aromatic carbocycles. The second kappa shape index (κ2) is 8.21. The molecule has 0 spiro atoms. The molecular formula is C21H25ClN2O3S. The molecule has 0 fully saturated rings. The van der Waals surface area contributed by atoms with Gasteiger partial charge in [0.25, 0.3) is 5.91 Å². The predicted octanol–water partition coefficient (Wildman–Crippen LogP) is 5.38. The topological polar surface area (TPSA) is 68.3 Å². The smallest absolute Gasteiger partial charge is 0.341 e. The summed E-state index contributed by atoms with van der Waals surface area (Å²) < 4.78 is 5.01. The monoisotopic (exact) mass is 420 g/mol. The molecule has 5 nitrogen and oxygen atoms in total. The van der Waals surface area contributed by atoms with Gasteiger partial charge in [-0.1, -0.05) is 38.8 Å². The number of carbonyl (C=O) groups is 2. The average Bonchev–Trinajstić information content (AvgIpc) is 3.04. The molecule has 1 amide bonds. The Morgan fingerprint density at radius 2 is 2.18 bits per heavy atom. The predicted molar refractivity (Wildman–Crippen MR) is 112 cm³/mol. The van der Waals surface area contributed by atoms with E-state index in [9.17, 15) is 9.59 Å². The second-order valence-electron chi connectivity index (χ2n) is 7.78. The van der Waals surface area contributed by atoms with Crippen LogP contribution < -0.4 is 5.32 Å². The number of methoxy groups -OCH3 is 1. The Labute approximate surface area is 174 Å². The Morgan fingerprint density at radius 3 is 2.82 bits per heavy atom. The van der Waals surface area contributed by atoms with E-state index in [1.54, 1.807) is 12.1 Å². The van der Waals surface area contributed by atoms with Crippen LogP contribution in [0.25, 0.3) is 0 Å². The van der Waals surface area contributed by atoms with Crippen LogP contribution in [0.15, 0.2) is 18.3 Å². The summed E-state index contributed by atoms with van der Waals surface area (Å²) >= 11 is 7.51. The van der Waals surface area contributed by atoms with E-state index in [1.165, 1.54) is 24.6 Å². The van der Waals surface area contributed by atoms with Gasteiger partial charge in [0.2, 0.25) is 0 Å². The van der Waals surface area contributed by atoms with E-state index in [2.05, 4.69) is 31.1 Å². The Balaban J connectivity index is 1.95. The number of carbonyl (C=O) groups excluding carboxylic acids is 2. The molecule has 7 heteroatoms. The molecule has 0 unspecified atom stereocenters. The van der Waals surface area contributed by atoms with Gasteiger partial charge in [0, 0.05) is 11.1 Å². The normalized spacial score (nSPS) is 16.4. The Bertz CT molecular complexity index is 907. The maximum absolute atomic E-state index is 12.7. The van der Waals surface area contributed by atoms with Crippen molar-refractivity contribution in [2.75, 3.05) is 12.4 Å². The van der Waals surface area contributed by atoms with E-state index < -0.39 is 5.97 Å². The van der Waals surface area contributed by atoms with Gasteiger partial charge < -0.3 is 10.1 Å². The first kappa shape index (κ1) is 20.8. The third-order valence-electron chi connectivity index (χ3n) is 5.90. The number of amides is 1. The Kier molecular flexibility index (Phi) is 6.10. The second-order valence-corrected chi connectivity index (χ2v) is 9.24. The van der Waals surface area contributed by atoms with Crippen molar-refractivity contribution < 1.29 is 14.3 Å². The zero-order chi connectivity index (χ0) is 20.5. The van der Waals surface area contributed by atoms with Crippen LogP contribution in [0.3, 0.4) is 0 Å². The van der Waals surface area contributed by atoms with Crippen LogP contribution in [0.1, 0.15) is 64.8 Å². The summed E-state index contributed by atoms with van der Waals surface area (Å²) in [6.07, 6.45) is 5.38. The fraction of sp³-hybridized carbons (Fsp3) is 0.476. The number of nitrogens with zero attached hydrogens (tertiary/aromatic N) is 1. The highest BCUT2D eigenvalue weighted by Crippen LogP contribution is 2.45. The summed E-state index contributed by atoms with van der Waals surface area (Å²) in [7, 11) is 1.36. The van der Waals surface area contributed by atoms with Gasteiger partial charge >= 0.3 is 5.97 Å². The van der Waals surface area contributed by atoms with Crippen molar-refractivity contribution in [1.29, 1.82) is 0 Å². The Hall–Kier alpha value is -1.92. The molecule has 1 N–H and O–H groups in total. The van der Waals surface area contributed by atoms with E-state index >= 15 is 0 Å². The SMILES string of the molecule is CCC(C)(C)[C@@H]1CCc2c(sc(NC(=O)c3cccnc3Cl)c2C(=O)OC)C1. The summed E-state index contributed by atoms with van der Waals surface area (Å²) in [5.41, 5.74) is 1.99. The van der Waals surface area contributed by atoms with Crippen LogP contribution in [0, 0.1) is 11.3 Å². The van der Waals surface area contributed by atoms with Crippen LogP contribution in [0.2, 0.25) is 5.15 Å². The quantitative estimate of drug-likeness (QED) is 0.521. The Morgan fingerprint density at radius 1 is 1.43 bits per heavy atom. The molecule has 2 aromatic heterocycles. The lowest BCUT2D eigenvalue weighted by molar-refractivity contribution is 0.0600. The molecule has 1 atom stereocenters. The highest BCUT2D eigenvalue weighted by Gasteiger charge is 2.35. The zero-order valence-electron chi connectivity index (χ0n) is 16.6. The van der Waals surface area contributed by atoms with Gasteiger partial charge in [-0.3, -0.25) is 4.79 Å². The van der Waals surface area contributed by atoms with Crippen molar-refractivity contribution in [3.8, 4) is 0 Å². The molecule has 3 rings (SSSR count). The number of aromatic nitrogens is 1. The van der Waals surface area contributed by atoms with Crippen LogP contribution in [0.4, 0.5) is 5.00 Å².